The molecule has 0 saturated heterocycles. The number of urea groups is 1. The van der Waals surface area contributed by atoms with Crippen molar-refractivity contribution in [3.8, 4) is 12.3 Å². The molecule has 1 aromatic carbocycles. The Labute approximate surface area is 109 Å². The maximum Gasteiger partial charge on any atom is 0.327 e. The molecule has 0 radical (unpaired) electrons. The van der Waals surface area contributed by atoms with Crippen molar-refractivity contribution in [2.24, 2.45) is 0 Å². The van der Waals surface area contributed by atoms with Crippen LogP contribution in [0.2, 0.25) is 0 Å². The van der Waals surface area contributed by atoms with Crippen LogP contribution in [0.1, 0.15) is 12.0 Å². The molecule has 1 atom stereocenters. The van der Waals surface area contributed by atoms with Gasteiger partial charge in [0.1, 0.15) is 11.9 Å². The fourth-order valence-corrected chi connectivity index (χ4v) is 1.45. The fraction of sp³-hybridized carbons (Fsp3) is 0.231. The number of terminal acetylenes is 1. The van der Waals surface area contributed by atoms with Crippen LogP contribution in [0.25, 0.3) is 0 Å². The zero-order chi connectivity index (χ0) is 14.4. The van der Waals surface area contributed by atoms with E-state index in [2.05, 4.69) is 16.6 Å². The number of rotatable bonds is 4. The number of anilines is 1. The molecule has 0 aliphatic heterocycles. The predicted octanol–water partition coefficient (Wildman–Crippen LogP) is 1.73. The molecule has 1 aromatic rings. The molecule has 1 rings (SSSR count). The number of hydrogen-bond donors (Lipinski definition) is 3. The molecule has 1 unspecified atom stereocenters. The molecule has 3 N–H and O–H groups in total. The summed E-state index contributed by atoms with van der Waals surface area (Å²) in [5.74, 6) is 0.428. The van der Waals surface area contributed by atoms with Gasteiger partial charge in [0.2, 0.25) is 0 Å². The Kier molecular flexibility index (Phi) is 4.89. The third-order valence-electron chi connectivity index (χ3n) is 2.23. The van der Waals surface area contributed by atoms with Gasteiger partial charge in [-0.25, -0.2) is 14.0 Å². The van der Waals surface area contributed by atoms with Crippen molar-refractivity contribution in [1.29, 1.82) is 0 Å². The van der Waals surface area contributed by atoms with Crippen LogP contribution < -0.4 is 10.6 Å². The molecule has 0 aromatic heterocycles. The average molecular weight is 264 g/mol. The lowest BCUT2D eigenvalue weighted by Gasteiger charge is -2.13. The van der Waals surface area contributed by atoms with Crippen molar-refractivity contribution in [2.75, 3.05) is 5.32 Å². The summed E-state index contributed by atoms with van der Waals surface area (Å²) in [6.07, 6.45) is 4.87. The van der Waals surface area contributed by atoms with E-state index >= 15 is 0 Å². The number of carbonyl (C=O) groups excluding carboxylic acids is 1. The van der Waals surface area contributed by atoms with E-state index in [4.69, 9.17) is 11.5 Å². The number of carboxylic acid groups (broad SMARTS) is 1. The van der Waals surface area contributed by atoms with Crippen LogP contribution in [-0.4, -0.2) is 23.1 Å². The number of hydrogen-bond acceptors (Lipinski definition) is 2. The first-order valence-electron chi connectivity index (χ1n) is 5.43. The van der Waals surface area contributed by atoms with E-state index in [1.807, 2.05) is 0 Å². The molecular weight excluding hydrogens is 251 g/mol. The second kappa shape index (κ2) is 6.40. The van der Waals surface area contributed by atoms with Crippen molar-refractivity contribution < 1.29 is 19.1 Å². The smallest absolute Gasteiger partial charge is 0.327 e. The fourth-order valence-electron chi connectivity index (χ4n) is 1.45. The molecule has 0 heterocycles. The minimum absolute atomic E-state index is 0.134. The molecule has 100 valence electrons. The highest BCUT2D eigenvalue weighted by Crippen LogP contribution is 2.13. The highest BCUT2D eigenvalue weighted by molar-refractivity contribution is 5.92. The third kappa shape index (κ3) is 4.68. The highest BCUT2D eigenvalue weighted by atomic mass is 19.1. The number of nitrogens with one attached hydrogen (secondary N) is 2. The first kappa shape index (κ1) is 14.5. The Bertz CT molecular complexity index is 517. The molecule has 0 fully saturated rings. The summed E-state index contributed by atoms with van der Waals surface area (Å²) in [5, 5.41) is 13.3. The number of amides is 2. The highest BCUT2D eigenvalue weighted by Gasteiger charge is 2.18. The minimum atomic E-state index is -1.23. The first-order chi connectivity index (χ1) is 8.92. The van der Waals surface area contributed by atoms with Gasteiger partial charge in [0, 0.05) is 12.1 Å². The molecule has 0 bridgehead atoms. The van der Waals surface area contributed by atoms with Gasteiger partial charge in [-0.1, -0.05) is 0 Å². The SMILES string of the molecule is C#CCC(NC(=O)Nc1cc(C)cc(F)c1)C(=O)O. The molecule has 19 heavy (non-hydrogen) atoms. The van der Waals surface area contributed by atoms with Gasteiger partial charge in [0.05, 0.1) is 0 Å². The lowest BCUT2D eigenvalue weighted by atomic mass is 10.2. The lowest BCUT2D eigenvalue weighted by Crippen LogP contribution is -2.42. The Morgan fingerprint density at radius 1 is 1.47 bits per heavy atom. The number of benzene rings is 1. The Hall–Kier alpha value is -2.55. The summed E-state index contributed by atoms with van der Waals surface area (Å²) in [4.78, 5) is 22.3. The second-order valence-corrected chi connectivity index (χ2v) is 3.91. The number of aryl methyl sites for hydroxylation is 1. The van der Waals surface area contributed by atoms with E-state index < -0.39 is 23.9 Å². The minimum Gasteiger partial charge on any atom is -0.480 e. The van der Waals surface area contributed by atoms with Gasteiger partial charge in [0.15, 0.2) is 0 Å². The normalized spacial score (nSPS) is 11.2. The summed E-state index contributed by atoms with van der Waals surface area (Å²) in [7, 11) is 0. The van der Waals surface area contributed by atoms with Crippen molar-refractivity contribution in [2.45, 2.75) is 19.4 Å². The summed E-state index contributed by atoms with van der Waals surface area (Å²) in [6.45, 7) is 1.67. The number of halogens is 1. The molecule has 0 saturated carbocycles. The number of aliphatic carboxylic acids is 1. The first-order valence-corrected chi connectivity index (χ1v) is 5.43. The van der Waals surface area contributed by atoms with Crippen LogP contribution in [0.5, 0.6) is 0 Å². The average Bonchev–Trinajstić information content (AvgIpc) is 2.26. The van der Waals surface area contributed by atoms with Gasteiger partial charge < -0.3 is 15.7 Å². The molecule has 0 spiro atoms. The van der Waals surface area contributed by atoms with Crippen molar-refractivity contribution in [1.82, 2.24) is 5.32 Å². The van der Waals surface area contributed by atoms with Crippen LogP contribution in [-0.2, 0) is 4.79 Å². The van der Waals surface area contributed by atoms with Crippen molar-refractivity contribution >= 4 is 17.7 Å². The Morgan fingerprint density at radius 2 is 2.16 bits per heavy atom. The largest absolute Gasteiger partial charge is 0.480 e. The molecular formula is C13H13FN2O3. The molecule has 0 aliphatic rings. The number of carbonyl (C=O) groups is 2. The Morgan fingerprint density at radius 3 is 2.68 bits per heavy atom. The topological polar surface area (TPSA) is 78.4 Å². The molecule has 2 amide bonds. The summed E-state index contributed by atoms with van der Waals surface area (Å²) >= 11 is 0. The second-order valence-electron chi connectivity index (χ2n) is 3.91. The molecule has 0 aliphatic carbocycles. The summed E-state index contributed by atoms with van der Waals surface area (Å²) < 4.78 is 13.1. The van der Waals surface area contributed by atoms with Gasteiger partial charge in [-0.15, -0.1) is 12.3 Å². The van der Waals surface area contributed by atoms with E-state index in [0.29, 0.717) is 5.56 Å². The van der Waals surface area contributed by atoms with E-state index in [1.54, 1.807) is 13.0 Å². The monoisotopic (exact) mass is 264 g/mol. The summed E-state index contributed by atoms with van der Waals surface area (Å²) in [5.41, 5.74) is 0.869. The van der Waals surface area contributed by atoms with E-state index in [9.17, 15) is 14.0 Å². The third-order valence-corrected chi connectivity index (χ3v) is 2.23. The molecule has 6 heteroatoms. The lowest BCUT2D eigenvalue weighted by molar-refractivity contribution is -0.139. The van der Waals surface area contributed by atoms with Gasteiger partial charge in [-0.3, -0.25) is 0 Å². The van der Waals surface area contributed by atoms with E-state index in [1.165, 1.54) is 6.07 Å². The predicted molar refractivity (Wildman–Crippen MR) is 68.2 cm³/mol. The number of carboxylic acids is 1. The van der Waals surface area contributed by atoms with Gasteiger partial charge in [0.25, 0.3) is 0 Å². The standard InChI is InChI=1S/C13H13FN2O3/c1-3-4-11(12(17)18)16-13(19)15-10-6-8(2)5-9(14)7-10/h1,5-7,11H,4H2,2H3,(H,17,18)(H2,15,16,19). The Balaban J connectivity index is 2.69. The molecule has 5 nitrogen and oxygen atoms in total. The zero-order valence-electron chi connectivity index (χ0n) is 10.2. The van der Waals surface area contributed by atoms with Crippen LogP contribution in [0, 0.1) is 25.1 Å². The van der Waals surface area contributed by atoms with Crippen molar-refractivity contribution in [3.63, 3.8) is 0 Å². The van der Waals surface area contributed by atoms with Crippen LogP contribution in [0.4, 0.5) is 14.9 Å². The van der Waals surface area contributed by atoms with Crippen LogP contribution in [0.15, 0.2) is 18.2 Å². The maximum absolute atomic E-state index is 13.1. The van der Waals surface area contributed by atoms with Crippen molar-refractivity contribution in [3.05, 3.63) is 29.6 Å². The van der Waals surface area contributed by atoms with Gasteiger partial charge >= 0.3 is 12.0 Å². The van der Waals surface area contributed by atoms with Gasteiger partial charge in [-0.2, -0.15) is 0 Å². The van der Waals surface area contributed by atoms with Crippen LogP contribution >= 0.6 is 0 Å². The van der Waals surface area contributed by atoms with Gasteiger partial charge in [-0.05, 0) is 30.7 Å². The zero-order valence-corrected chi connectivity index (χ0v) is 10.2. The maximum atomic E-state index is 13.1. The van der Waals surface area contributed by atoms with E-state index in [0.717, 1.165) is 6.07 Å². The van der Waals surface area contributed by atoms with E-state index in [-0.39, 0.29) is 12.1 Å². The van der Waals surface area contributed by atoms with Crippen LogP contribution in [0.3, 0.4) is 0 Å². The quantitative estimate of drug-likeness (QED) is 0.725. The summed E-state index contributed by atoms with van der Waals surface area (Å²) in [6, 6.07) is 2.05.